The molecule has 0 fully saturated rings. The van der Waals surface area contributed by atoms with Crippen molar-refractivity contribution in [1.29, 1.82) is 0 Å². The predicted molar refractivity (Wildman–Crippen MR) is 58.9 cm³/mol. The largest absolute Gasteiger partial charge is 0.299 e. The van der Waals surface area contributed by atoms with Crippen LogP contribution in [0.3, 0.4) is 0 Å². The summed E-state index contributed by atoms with van der Waals surface area (Å²) in [7, 11) is 2.14. The zero-order valence-corrected chi connectivity index (χ0v) is 8.48. The first-order valence-electron chi connectivity index (χ1n) is 5.01. The van der Waals surface area contributed by atoms with Crippen molar-refractivity contribution in [3.63, 3.8) is 0 Å². The van der Waals surface area contributed by atoms with Gasteiger partial charge in [0.15, 0.2) is 0 Å². The van der Waals surface area contributed by atoms with Crippen molar-refractivity contribution in [2.75, 3.05) is 13.6 Å². The highest BCUT2D eigenvalue weighted by molar-refractivity contribution is 5.19. The van der Waals surface area contributed by atoms with Crippen LogP contribution in [0.5, 0.6) is 0 Å². The molecular weight excluding hydrogens is 170 g/mol. The van der Waals surface area contributed by atoms with Gasteiger partial charge in [0.25, 0.3) is 0 Å². The van der Waals surface area contributed by atoms with Gasteiger partial charge in [0.05, 0.1) is 0 Å². The number of hydrogen-bond donors (Lipinski definition) is 0. The molecule has 0 aliphatic carbocycles. The molecule has 1 aliphatic heterocycles. The Labute approximate surface area is 86.1 Å². The van der Waals surface area contributed by atoms with Gasteiger partial charge in [0.1, 0.15) is 0 Å². The zero-order valence-electron chi connectivity index (χ0n) is 8.48. The summed E-state index contributed by atoms with van der Waals surface area (Å²) < 4.78 is 0. The third kappa shape index (κ3) is 2.24. The quantitative estimate of drug-likeness (QED) is 0.682. The van der Waals surface area contributed by atoms with Gasteiger partial charge in [-0.1, -0.05) is 42.5 Å². The Balaban J connectivity index is 2.00. The third-order valence-corrected chi connectivity index (χ3v) is 2.60. The SMILES string of the molecule is CN1CC=C[C]C1Cc1ccccc1. The fourth-order valence-corrected chi connectivity index (χ4v) is 1.70. The van der Waals surface area contributed by atoms with Crippen LogP contribution < -0.4 is 0 Å². The molecule has 1 heterocycles. The first-order valence-corrected chi connectivity index (χ1v) is 5.01. The molecule has 2 radical (unpaired) electrons. The molecule has 14 heavy (non-hydrogen) atoms. The van der Waals surface area contributed by atoms with Crippen LogP contribution in [-0.2, 0) is 6.42 Å². The van der Waals surface area contributed by atoms with Gasteiger partial charge in [-0.05, 0) is 19.0 Å². The van der Waals surface area contributed by atoms with E-state index in [1.165, 1.54) is 5.56 Å². The fourth-order valence-electron chi connectivity index (χ4n) is 1.70. The molecule has 0 saturated carbocycles. The summed E-state index contributed by atoms with van der Waals surface area (Å²) in [5.74, 6) is 0. The molecule has 1 heteroatoms. The molecule has 1 aliphatic rings. The summed E-state index contributed by atoms with van der Waals surface area (Å²) >= 11 is 0. The van der Waals surface area contributed by atoms with E-state index >= 15 is 0 Å². The predicted octanol–water partition coefficient (Wildman–Crippen LogP) is 2.18. The van der Waals surface area contributed by atoms with Gasteiger partial charge in [-0.3, -0.25) is 4.90 Å². The normalized spacial score (nSPS) is 22.5. The Morgan fingerprint density at radius 1 is 1.36 bits per heavy atom. The second-order valence-electron chi connectivity index (χ2n) is 3.71. The van der Waals surface area contributed by atoms with E-state index in [4.69, 9.17) is 0 Å². The Hall–Kier alpha value is -1.08. The molecule has 2 rings (SSSR count). The lowest BCUT2D eigenvalue weighted by atomic mass is 10.00. The highest BCUT2D eigenvalue weighted by Gasteiger charge is 2.16. The standard InChI is InChI=1S/C13H15N/c1-14-10-6-5-9-13(14)11-12-7-3-2-4-8-12/h2-8,13H,10-11H2,1H3. The van der Waals surface area contributed by atoms with Crippen LogP contribution in [0.2, 0.25) is 0 Å². The molecule has 0 bridgehead atoms. The summed E-state index contributed by atoms with van der Waals surface area (Å²) in [6.07, 6.45) is 8.61. The number of hydrogen-bond acceptors (Lipinski definition) is 1. The number of rotatable bonds is 2. The second-order valence-corrected chi connectivity index (χ2v) is 3.71. The third-order valence-electron chi connectivity index (χ3n) is 2.60. The lowest BCUT2D eigenvalue weighted by molar-refractivity contribution is 0.290. The first kappa shape index (κ1) is 9.47. The van der Waals surface area contributed by atoms with Crippen LogP contribution in [0, 0.1) is 6.42 Å². The van der Waals surface area contributed by atoms with Gasteiger partial charge in [0, 0.05) is 19.0 Å². The van der Waals surface area contributed by atoms with Gasteiger partial charge in [0.2, 0.25) is 0 Å². The minimum atomic E-state index is 0.433. The summed E-state index contributed by atoms with van der Waals surface area (Å²) in [4.78, 5) is 2.31. The van der Waals surface area contributed by atoms with E-state index in [0.29, 0.717) is 6.04 Å². The molecule has 0 saturated heterocycles. The van der Waals surface area contributed by atoms with E-state index in [9.17, 15) is 0 Å². The van der Waals surface area contributed by atoms with E-state index in [-0.39, 0.29) is 0 Å². The van der Waals surface area contributed by atoms with Crippen LogP contribution >= 0.6 is 0 Å². The molecule has 1 nitrogen and oxygen atoms in total. The van der Waals surface area contributed by atoms with Gasteiger partial charge < -0.3 is 0 Å². The van der Waals surface area contributed by atoms with Crippen LogP contribution in [-0.4, -0.2) is 24.5 Å². The number of nitrogens with zero attached hydrogens (tertiary/aromatic N) is 1. The van der Waals surface area contributed by atoms with Gasteiger partial charge >= 0.3 is 0 Å². The monoisotopic (exact) mass is 185 g/mol. The lowest BCUT2D eigenvalue weighted by Gasteiger charge is -2.28. The topological polar surface area (TPSA) is 3.24 Å². The first-order chi connectivity index (χ1) is 6.86. The van der Waals surface area contributed by atoms with E-state index < -0.39 is 0 Å². The summed E-state index contributed by atoms with van der Waals surface area (Å²) in [6.45, 7) is 1.03. The second kappa shape index (κ2) is 4.43. The Kier molecular flexibility index (Phi) is 3.00. The van der Waals surface area contributed by atoms with Crippen molar-refractivity contribution in [2.45, 2.75) is 12.5 Å². The van der Waals surface area contributed by atoms with Crippen molar-refractivity contribution in [3.05, 3.63) is 54.5 Å². The molecule has 0 amide bonds. The van der Waals surface area contributed by atoms with Crippen molar-refractivity contribution in [1.82, 2.24) is 4.90 Å². The van der Waals surface area contributed by atoms with E-state index in [1.54, 1.807) is 0 Å². The van der Waals surface area contributed by atoms with Crippen LogP contribution in [0.1, 0.15) is 5.56 Å². The maximum atomic E-state index is 3.36. The fraction of sp³-hybridized carbons (Fsp3) is 0.308. The molecule has 1 aromatic carbocycles. The summed E-state index contributed by atoms with van der Waals surface area (Å²) in [6, 6.07) is 11.0. The van der Waals surface area contributed by atoms with E-state index in [2.05, 4.69) is 54.8 Å². The number of likely N-dealkylation sites (N-methyl/N-ethyl adjacent to an activating group) is 1. The lowest BCUT2D eigenvalue weighted by Crippen LogP contribution is -2.35. The van der Waals surface area contributed by atoms with Crippen molar-refractivity contribution < 1.29 is 0 Å². The average molecular weight is 185 g/mol. The Morgan fingerprint density at radius 3 is 2.86 bits per heavy atom. The molecule has 0 spiro atoms. The highest BCUT2D eigenvalue weighted by atomic mass is 15.1. The molecular formula is C13H15N. The van der Waals surface area contributed by atoms with E-state index in [0.717, 1.165) is 13.0 Å². The average Bonchev–Trinajstić information content (AvgIpc) is 2.23. The number of benzene rings is 1. The Morgan fingerprint density at radius 2 is 2.14 bits per heavy atom. The Bertz CT molecular complexity index is 302. The zero-order chi connectivity index (χ0) is 9.80. The highest BCUT2D eigenvalue weighted by Crippen LogP contribution is 2.13. The van der Waals surface area contributed by atoms with Crippen LogP contribution in [0.15, 0.2) is 42.5 Å². The summed E-state index contributed by atoms with van der Waals surface area (Å²) in [5.41, 5.74) is 1.38. The molecule has 1 unspecified atom stereocenters. The molecule has 0 N–H and O–H groups in total. The van der Waals surface area contributed by atoms with Crippen molar-refractivity contribution in [2.24, 2.45) is 0 Å². The molecule has 1 aromatic rings. The minimum Gasteiger partial charge on any atom is -0.299 e. The van der Waals surface area contributed by atoms with Gasteiger partial charge in [-0.25, -0.2) is 0 Å². The van der Waals surface area contributed by atoms with E-state index in [1.807, 2.05) is 6.08 Å². The van der Waals surface area contributed by atoms with Gasteiger partial charge in [-0.15, -0.1) is 0 Å². The molecule has 0 aromatic heterocycles. The maximum Gasteiger partial charge on any atom is 0.0272 e. The molecule has 1 atom stereocenters. The maximum absolute atomic E-state index is 3.36. The van der Waals surface area contributed by atoms with Crippen molar-refractivity contribution in [3.8, 4) is 0 Å². The molecule has 72 valence electrons. The smallest absolute Gasteiger partial charge is 0.0272 e. The van der Waals surface area contributed by atoms with Crippen LogP contribution in [0.25, 0.3) is 0 Å². The summed E-state index contributed by atoms with van der Waals surface area (Å²) in [5, 5.41) is 0. The van der Waals surface area contributed by atoms with Crippen LogP contribution in [0.4, 0.5) is 0 Å². The van der Waals surface area contributed by atoms with Gasteiger partial charge in [-0.2, -0.15) is 0 Å². The van der Waals surface area contributed by atoms with Crippen molar-refractivity contribution >= 4 is 0 Å². The minimum absolute atomic E-state index is 0.433.